The molecular formula is C15H12ClF3O. The highest BCUT2D eigenvalue weighted by atomic mass is 35.5. The molecule has 0 aliphatic carbocycles. The van der Waals surface area contributed by atoms with Crippen molar-refractivity contribution >= 4 is 11.6 Å². The van der Waals surface area contributed by atoms with Gasteiger partial charge in [-0.25, -0.2) is 13.2 Å². The molecule has 0 radical (unpaired) electrons. The van der Waals surface area contributed by atoms with Gasteiger partial charge in [-0.15, -0.1) is 0 Å². The molecule has 0 saturated heterocycles. The van der Waals surface area contributed by atoms with Crippen molar-refractivity contribution in [2.24, 2.45) is 0 Å². The fraction of sp³-hybridized carbons (Fsp3) is 0.200. The second-order valence-corrected chi connectivity index (χ2v) is 4.97. The number of halogens is 4. The van der Waals surface area contributed by atoms with Crippen molar-refractivity contribution in [2.45, 2.75) is 18.9 Å². The molecule has 0 fully saturated rings. The normalized spacial score (nSPS) is 12.4. The van der Waals surface area contributed by atoms with Gasteiger partial charge in [-0.05, 0) is 48.2 Å². The Morgan fingerprint density at radius 1 is 0.850 bits per heavy atom. The van der Waals surface area contributed by atoms with Crippen LogP contribution in [0, 0.1) is 17.5 Å². The van der Waals surface area contributed by atoms with Crippen molar-refractivity contribution in [3.05, 3.63) is 70.0 Å². The summed E-state index contributed by atoms with van der Waals surface area (Å²) in [6.45, 7) is 0. The van der Waals surface area contributed by atoms with Crippen LogP contribution < -0.4 is 0 Å². The summed E-state index contributed by atoms with van der Waals surface area (Å²) in [7, 11) is 0. The molecule has 5 heteroatoms. The Morgan fingerprint density at radius 2 is 1.40 bits per heavy atom. The first-order valence-corrected chi connectivity index (χ1v) is 6.39. The molecule has 2 aromatic carbocycles. The molecule has 0 amide bonds. The quantitative estimate of drug-likeness (QED) is 0.908. The van der Waals surface area contributed by atoms with E-state index in [1.165, 1.54) is 24.3 Å². The van der Waals surface area contributed by atoms with Crippen molar-refractivity contribution in [2.75, 3.05) is 0 Å². The standard InChI is InChI=1S/C15H12ClF3O/c16-12-7-9(1-3-13(12)17)5-11(20)6-10-2-4-14(18)15(19)8-10/h1-4,7-8,11,20H,5-6H2. The van der Waals surface area contributed by atoms with Crippen LogP contribution in [0.1, 0.15) is 11.1 Å². The van der Waals surface area contributed by atoms with Crippen molar-refractivity contribution in [1.29, 1.82) is 0 Å². The van der Waals surface area contributed by atoms with Crippen molar-refractivity contribution < 1.29 is 18.3 Å². The van der Waals surface area contributed by atoms with Crippen LogP contribution in [-0.2, 0) is 12.8 Å². The molecule has 20 heavy (non-hydrogen) atoms. The highest BCUT2D eigenvalue weighted by Crippen LogP contribution is 2.18. The summed E-state index contributed by atoms with van der Waals surface area (Å²) < 4.78 is 38.8. The molecule has 0 aliphatic rings. The van der Waals surface area contributed by atoms with Gasteiger partial charge in [-0.2, -0.15) is 0 Å². The van der Waals surface area contributed by atoms with Crippen LogP contribution in [0.5, 0.6) is 0 Å². The molecule has 0 spiro atoms. The summed E-state index contributed by atoms with van der Waals surface area (Å²) in [5.74, 6) is -2.39. The Morgan fingerprint density at radius 3 is 1.95 bits per heavy atom. The van der Waals surface area contributed by atoms with Gasteiger partial charge in [0.25, 0.3) is 0 Å². The van der Waals surface area contributed by atoms with Crippen LogP contribution in [0.4, 0.5) is 13.2 Å². The van der Waals surface area contributed by atoms with Crippen LogP contribution in [0.15, 0.2) is 36.4 Å². The second-order valence-electron chi connectivity index (χ2n) is 4.56. The van der Waals surface area contributed by atoms with Crippen molar-refractivity contribution in [1.82, 2.24) is 0 Å². The molecule has 0 bridgehead atoms. The first-order chi connectivity index (χ1) is 9.45. The molecule has 1 atom stereocenters. The zero-order valence-electron chi connectivity index (χ0n) is 10.4. The van der Waals surface area contributed by atoms with E-state index in [9.17, 15) is 18.3 Å². The largest absolute Gasteiger partial charge is 0.392 e. The number of aliphatic hydroxyl groups is 1. The summed E-state index contributed by atoms with van der Waals surface area (Å²) in [6, 6.07) is 7.67. The van der Waals surface area contributed by atoms with Crippen LogP contribution in [0.2, 0.25) is 5.02 Å². The molecule has 2 rings (SSSR count). The fourth-order valence-electron chi connectivity index (χ4n) is 1.95. The molecule has 0 aliphatic heterocycles. The number of benzene rings is 2. The third-order valence-electron chi connectivity index (χ3n) is 2.91. The van der Waals surface area contributed by atoms with Crippen LogP contribution >= 0.6 is 11.6 Å². The van der Waals surface area contributed by atoms with E-state index < -0.39 is 23.6 Å². The minimum absolute atomic E-state index is 0.0115. The second kappa shape index (κ2) is 6.29. The lowest BCUT2D eigenvalue weighted by molar-refractivity contribution is 0.175. The summed E-state index contributed by atoms with van der Waals surface area (Å²) in [4.78, 5) is 0. The first-order valence-electron chi connectivity index (χ1n) is 6.01. The van der Waals surface area contributed by atoms with Gasteiger partial charge in [0.2, 0.25) is 0 Å². The van der Waals surface area contributed by atoms with Gasteiger partial charge < -0.3 is 5.11 Å². The van der Waals surface area contributed by atoms with Gasteiger partial charge in [-0.1, -0.05) is 23.7 Å². The minimum Gasteiger partial charge on any atom is -0.392 e. The van der Waals surface area contributed by atoms with E-state index in [2.05, 4.69) is 0 Å². The lowest BCUT2D eigenvalue weighted by atomic mass is 10.0. The minimum atomic E-state index is -0.945. The molecule has 0 aromatic heterocycles. The summed E-state index contributed by atoms with van der Waals surface area (Å²) in [5.41, 5.74) is 1.16. The maximum atomic E-state index is 13.0. The van der Waals surface area contributed by atoms with Gasteiger partial charge >= 0.3 is 0 Å². The van der Waals surface area contributed by atoms with E-state index in [1.807, 2.05) is 0 Å². The molecule has 0 saturated carbocycles. The zero-order chi connectivity index (χ0) is 14.7. The van der Waals surface area contributed by atoms with Gasteiger partial charge in [0, 0.05) is 0 Å². The topological polar surface area (TPSA) is 20.2 Å². The Bertz CT molecular complexity index is 563. The molecular weight excluding hydrogens is 289 g/mol. The molecule has 2 aromatic rings. The van der Waals surface area contributed by atoms with Crippen molar-refractivity contribution in [3.63, 3.8) is 0 Å². The van der Waals surface area contributed by atoms with Crippen molar-refractivity contribution in [3.8, 4) is 0 Å². The molecule has 0 heterocycles. The van der Waals surface area contributed by atoms with Crippen LogP contribution in [0.25, 0.3) is 0 Å². The highest BCUT2D eigenvalue weighted by molar-refractivity contribution is 6.30. The predicted octanol–water partition coefficient (Wildman–Crippen LogP) is 3.90. The average Bonchev–Trinajstić information content (AvgIpc) is 2.38. The van der Waals surface area contributed by atoms with Gasteiger partial charge in [0.15, 0.2) is 11.6 Å². The Kier molecular flexibility index (Phi) is 4.68. The molecule has 1 unspecified atom stereocenters. The Labute approximate surface area is 119 Å². The third kappa shape index (κ3) is 3.74. The Balaban J connectivity index is 2.02. The smallest absolute Gasteiger partial charge is 0.159 e. The zero-order valence-corrected chi connectivity index (χ0v) is 11.2. The monoisotopic (exact) mass is 300 g/mol. The predicted molar refractivity (Wildman–Crippen MR) is 71.2 cm³/mol. The molecule has 1 nitrogen and oxygen atoms in total. The fourth-order valence-corrected chi connectivity index (χ4v) is 2.15. The van der Waals surface area contributed by atoms with Gasteiger partial charge in [-0.3, -0.25) is 0 Å². The first kappa shape index (κ1) is 14.9. The lowest BCUT2D eigenvalue weighted by Gasteiger charge is -2.11. The number of hydrogen-bond acceptors (Lipinski definition) is 1. The molecule has 1 N–H and O–H groups in total. The van der Waals surface area contributed by atoms with Crippen LogP contribution in [0.3, 0.4) is 0 Å². The van der Waals surface area contributed by atoms with Crippen LogP contribution in [-0.4, -0.2) is 11.2 Å². The molecule has 106 valence electrons. The van der Waals surface area contributed by atoms with Gasteiger partial charge in [0.1, 0.15) is 5.82 Å². The lowest BCUT2D eigenvalue weighted by Crippen LogP contribution is -2.14. The van der Waals surface area contributed by atoms with E-state index in [-0.39, 0.29) is 17.9 Å². The maximum Gasteiger partial charge on any atom is 0.159 e. The Hall–Kier alpha value is -1.52. The summed E-state index contributed by atoms with van der Waals surface area (Å²) >= 11 is 5.65. The van der Waals surface area contributed by atoms with Gasteiger partial charge in [0.05, 0.1) is 11.1 Å². The van der Waals surface area contributed by atoms with E-state index in [0.717, 1.165) is 12.1 Å². The van der Waals surface area contributed by atoms with E-state index in [1.54, 1.807) is 0 Å². The van der Waals surface area contributed by atoms with E-state index >= 15 is 0 Å². The highest BCUT2D eigenvalue weighted by Gasteiger charge is 2.10. The maximum absolute atomic E-state index is 13.0. The summed E-state index contributed by atoms with van der Waals surface area (Å²) in [5, 5.41) is 9.91. The van der Waals surface area contributed by atoms with E-state index in [0.29, 0.717) is 11.1 Å². The number of rotatable bonds is 4. The summed E-state index contributed by atoms with van der Waals surface area (Å²) in [6.07, 6.45) is -0.369. The SMILES string of the molecule is OC(Cc1ccc(F)c(F)c1)Cc1ccc(F)c(Cl)c1. The number of hydrogen-bond donors (Lipinski definition) is 1. The third-order valence-corrected chi connectivity index (χ3v) is 3.20. The van der Waals surface area contributed by atoms with E-state index in [4.69, 9.17) is 11.6 Å². The average molecular weight is 301 g/mol. The number of aliphatic hydroxyl groups excluding tert-OH is 1.